The minimum atomic E-state index is 0.520. The van der Waals surface area contributed by atoms with Crippen LogP contribution < -0.4 is 4.74 Å². The van der Waals surface area contributed by atoms with Crippen molar-refractivity contribution in [3.63, 3.8) is 0 Å². The van der Waals surface area contributed by atoms with Gasteiger partial charge >= 0.3 is 0 Å². The predicted molar refractivity (Wildman–Crippen MR) is 78.8 cm³/mol. The first-order valence-corrected chi connectivity index (χ1v) is 6.72. The Morgan fingerprint density at radius 2 is 2.05 bits per heavy atom. The van der Waals surface area contributed by atoms with E-state index in [0.717, 1.165) is 15.4 Å². The zero-order chi connectivity index (χ0) is 13.2. The van der Waals surface area contributed by atoms with E-state index in [1.807, 2.05) is 30.3 Å². The molecule has 0 aliphatic heterocycles. The summed E-state index contributed by atoms with van der Waals surface area (Å²) in [5.41, 5.74) is 0.793. The molecule has 0 unspecified atom stereocenters. The SMILES string of the molecule is Clc1cc2ncncc2cc1Oc1cccc(Br)c1. The van der Waals surface area contributed by atoms with Gasteiger partial charge in [-0.1, -0.05) is 33.6 Å². The molecule has 94 valence electrons. The van der Waals surface area contributed by atoms with Crippen LogP contribution in [-0.2, 0) is 0 Å². The molecule has 0 aliphatic carbocycles. The topological polar surface area (TPSA) is 35.0 Å². The molecule has 0 amide bonds. The maximum atomic E-state index is 6.20. The number of rotatable bonds is 2. The fraction of sp³-hybridized carbons (Fsp3) is 0. The maximum Gasteiger partial charge on any atom is 0.146 e. The number of fused-ring (bicyclic) bond motifs is 1. The number of hydrogen-bond donors (Lipinski definition) is 0. The molecule has 0 spiro atoms. The van der Waals surface area contributed by atoms with E-state index >= 15 is 0 Å². The van der Waals surface area contributed by atoms with E-state index in [2.05, 4.69) is 25.9 Å². The van der Waals surface area contributed by atoms with Crippen molar-refractivity contribution < 1.29 is 4.74 Å². The van der Waals surface area contributed by atoms with Gasteiger partial charge in [-0.3, -0.25) is 0 Å². The molecule has 0 saturated heterocycles. The Balaban J connectivity index is 2.03. The molecule has 3 nitrogen and oxygen atoms in total. The first kappa shape index (κ1) is 12.4. The second-order valence-corrected chi connectivity index (χ2v) is 5.25. The lowest BCUT2D eigenvalue weighted by Crippen LogP contribution is -1.87. The Labute approximate surface area is 123 Å². The van der Waals surface area contributed by atoms with Gasteiger partial charge in [0.15, 0.2) is 0 Å². The summed E-state index contributed by atoms with van der Waals surface area (Å²) in [5, 5.41) is 1.41. The van der Waals surface area contributed by atoms with Crippen LogP contribution in [0.15, 0.2) is 53.4 Å². The molecular formula is C14H8BrClN2O. The third-order valence-electron chi connectivity index (χ3n) is 2.58. The molecule has 0 aliphatic rings. The molecule has 0 atom stereocenters. The molecule has 0 N–H and O–H groups in total. The number of halogens is 2. The van der Waals surface area contributed by atoms with E-state index in [-0.39, 0.29) is 0 Å². The van der Waals surface area contributed by atoms with E-state index in [9.17, 15) is 0 Å². The van der Waals surface area contributed by atoms with Crippen LogP contribution in [0.2, 0.25) is 5.02 Å². The molecule has 0 radical (unpaired) electrons. The molecule has 2 aromatic carbocycles. The van der Waals surface area contributed by atoms with Gasteiger partial charge in [-0.05, 0) is 30.3 Å². The van der Waals surface area contributed by atoms with Crippen LogP contribution in [0.5, 0.6) is 11.5 Å². The van der Waals surface area contributed by atoms with Gasteiger partial charge < -0.3 is 4.74 Å². The van der Waals surface area contributed by atoms with Crippen molar-refractivity contribution in [1.29, 1.82) is 0 Å². The quantitative estimate of drug-likeness (QED) is 0.672. The van der Waals surface area contributed by atoms with Gasteiger partial charge in [-0.15, -0.1) is 0 Å². The summed E-state index contributed by atoms with van der Waals surface area (Å²) in [4.78, 5) is 8.13. The summed E-state index contributed by atoms with van der Waals surface area (Å²) in [6, 6.07) is 11.2. The molecule has 0 saturated carbocycles. The standard InChI is InChI=1S/C14H8BrClN2O/c15-10-2-1-3-11(5-10)19-14-4-9-7-17-8-18-13(9)6-12(14)16/h1-8H. The van der Waals surface area contributed by atoms with Crippen molar-refractivity contribution >= 4 is 38.4 Å². The Morgan fingerprint density at radius 1 is 1.16 bits per heavy atom. The van der Waals surface area contributed by atoms with Crippen LogP contribution in [0, 0.1) is 0 Å². The third-order valence-corrected chi connectivity index (χ3v) is 3.37. The third kappa shape index (κ3) is 2.69. The van der Waals surface area contributed by atoms with E-state index in [1.54, 1.807) is 12.3 Å². The fourth-order valence-corrected chi connectivity index (χ4v) is 2.29. The lowest BCUT2D eigenvalue weighted by Gasteiger charge is -2.08. The highest BCUT2D eigenvalue weighted by Crippen LogP contribution is 2.33. The highest BCUT2D eigenvalue weighted by molar-refractivity contribution is 9.10. The lowest BCUT2D eigenvalue weighted by molar-refractivity contribution is 0.483. The molecule has 3 aromatic rings. The largest absolute Gasteiger partial charge is 0.456 e. The smallest absolute Gasteiger partial charge is 0.146 e. The number of ether oxygens (including phenoxy) is 1. The first-order valence-electron chi connectivity index (χ1n) is 5.55. The van der Waals surface area contributed by atoms with Gasteiger partial charge in [-0.2, -0.15) is 0 Å². The summed E-state index contributed by atoms with van der Waals surface area (Å²) in [7, 11) is 0. The van der Waals surface area contributed by atoms with Gasteiger partial charge in [0.05, 0.1) is 10.5 Å². The van der Waals surface area contributed by atoms with Crippen LogP contribution in [0.4, 0.5) is 0 Å². The minimum absolute atomic E-state index is 0.520. The number of benzene rings is 2. The Hall–Kier alpha value is -1.65. The van der Waals surface area contributed by atoms with E-state index in [4.69, 9.17) is 16.3 Å². The van der Waals surface area contributed by atoms with Gasteiger partial charge in [0.2, 0.25) is 0 Å². The van der Waals surface area contributed by atoms with Crippen LogP contribution >= 0.6 is 27.5 Å². The number of hydrogen-bond acceptors (Lipinski definition) is 3. The second kappa shape index (κ2) is 5.15. The van der Waals surface area contributed by atoms with Gasteiger partial charge in [0.1, 0.15) is 17.8 Å². The average Bonchev–Trinajstić information content (AvgIpc) is 2.40. The van der Waals surface area contributed by atoms with Crippen molar-refractivity contribution in [3.8, 4) is 11.5 Å². The summed E-state index contributed by atoms with van der Waals surface area (Å²) < 4.78 is 6.73. The Bertz CT molecular complexity index is 748. The zero-order valence-electron chi connectivity index (χ0n) is 9.68. The molecule has 1 aromatic heterocycles. The molecule has 3 rings (SSSR count). The average molecular weight is 336 g/mol. The van der Waals surface area contributed by atoms with Crippen LogP contribution in [0.1, 0.15) is 0 Å². The normalized spacial score (nSPS) is 10.6. The Morgan fingerprint density at radius 3 is 2.89 bits per heavy atom. The monoisotopic (exact) mass is 334 g/mol. The predicted octanol–water partition coefficient (Wildman–Crippen LogP) is 4.84. The minimum Gasteiger partial charge on any atom is -0.456 e. The molecule has 0 fully saturated rings. The van der Waals surface area contributed by atoms with Crippen molar-refractivity contribution in [1.82, 2.24) is 9.97 Å². The van der Waals surface area contributed by atoms with Crippen LogP contribution in [-0.4, -0.2) is 9.97 Å². The van der Waals surface area contributed by atoms with Gasteiger partial charge in [0, 0.05) is 16.1 Å². The molecule has 0 bridgehead atoms. The summed E-state index contributed by atoms with van der Waals surface area (Å²) >= 11 is 9.60. The highest BCUT2D eigenvalue weighted by atomic mass is 79.9. The first-order chi connectivity index (χ1) is 9.22. The van der Waals surface area contributed by atoms with Crippen molar-refractivity contribution in [3.05, 3.63) is 58.4 Å². The van der Waals surface area contributed by atoms with Gasteiger partial charge in [-0.25, -0.2) is 9.97 Å². The molecule has 19 heavy (non-hydrogen) atoms. The summed E-state index contributed by atoms with van der Waals surface area (Å²) in [6.45, 7) is 0. The van der Waals surface area contributed by atoms with Crippen LogP contribution in [0.25, 0.3) is 10.9 Å². The lowest BCUT2D eigenvalue weighted by atomic mass is 10.2. The van der Waals surface area contributed by atoms with Gasteiger partial charge in [0.25, 0.3) is 0 Å². The van der Waals surface area contributed by atoms with Crippen molar-refractivity contribution in [2.24, 2.45) is 0 Å². The molecule has 5 heteroatoms. The van der Waals surface area contributed by atoms with E-state index < -0.39 is 0 Å². The fourth-order valence-electron chi connectivity index (χ4n) is 1.72. The second-order valence-electron chi connectivity index (χ2n) is 3.92. The van der Waals surface area contributed by atoms with Crippen molar-refractivity contribution in [2.75, 3.05) is 0 Å². The van der Waals surface area contributed by atoms with E-state index in [0.29, 0.717) is 16.5 Å². The highest BCUT2D eigenvalue weighted by Gasteiger charge is 2.06. The molecular weight excluding hydrogens is 328 g/mol. The van der Waals surface area contributed by atoms with Crippen molar-refractivity contribution in [2.45, 2.75) is 0 Å². The molecule has 1 heterocycles. The van der Waals surface area contributed by atoms with Crippen LogP contribution in [0.3, 0.4) is 0 Å². The summed E-state index contributed by atoms with van der Waals surface area (Å²) in [5.74, 6) is 1.30. The zero-order valence-corrected chi connectivity index (χ0v) is 12.0. The number of aromatic nitrogens is 2. The van der Waals surface area contributed by atoms with E-state index in [1.165, 1.54) is 6.33 Å². The number of nitrogens with zero attached hydrogens (tertiary/aromatic N) is 2. The summed E-state index contributed by atoms with van der Waals surface area (Å²) in [6.07, 6.45) is 3.22. The maximum absolute atomic E-state index is 6.20. The Kier molecular flexibility index (Phi) is 3.36.